The van der Waals surface area contributed by atoms with Crippen LogP contribution in [0.15, 0.2) is 79.1 Å². The molecule has 1 aromatic heterocycles. The van der Waals surface area contributed by atoms with Crippen LogP contribution in [0.2, 0.25) is 0 Å². The second-order valence-electron chi connectivity index (χ2n) is 9.81. The molecule has 1 N–H and O–H groups in total. The van der Waals surface area contributed by atoms with Crippen molar-refractivity contribution in [3.05, 3.63) is 113 Å². The predicted molar refractivity (Wildman–Crippen MR) is 145 cm³/mol. The number of aliphatic carboxylic acids is 1. The van der Waals surface area contributed by atoms with Crippen LogP contribution in [0, 0.1) is 13.8 Å². The Morgan fingerprint density at radius 1 is 1.03 bits per heavy atom. The molecule has 4 aromatic rings. The SMILES string of the molecule is Cc1ccc(N2[C@@H](c3ccc(/C=C/C(=O)O)cc3)c3ccc(-c4cnn(C)c4)cc3C[C@@H]2C)c(C)c1. The van der Waals surface area contributed by atoms with Crippen molar-refractivity contribution >= 4 is 17.7 Å². The van der Waals surface area contributed by atoms with Crippen LogP contribution >= 0.6 is 0 Å². The van der Waals surface area contributed by atoms with Crippen molar-refractivity contribution in [2.24, 2.45) is 7.05 Å². The molecule has 0 bridgehead atoms. The maximum absolute atomic E-state index is 10.9. The first kappa shape index (κ1) is 23.6. The molecular weight excluding hydrogens is 446 g/mol. The van der Waals surface area contributed by atoms with E-state index in [0.717, 1.165) is 17.5 Å². The highest BCUT2D eigenvalue weighted by molar-refractivity contribution is 5.85. The van der Waals surface area contributed by atoms with Crippen LogP contribution < -0.4 is 4.90 Å². The van der Waals surface area contributed by atoms with Crippen LogP contribution in [0.4, 0.5) is 5.69 Å². The summed E-state index contributed by atoms with van der Waals surface area (Å²) >= 11 is 0. The number of rotatable bonds is 5. The maximum atomic E-state index is 10.9. The van der Waals surface area contributed by atoms with Gasteiger partial charge < -0.3 is 10.0 Å². The number of anilines is 1. The average molecular weight is 478 g/mol. The van der Waals surface area contributed by atoms with Gasteiger partial charge in [-0.2, -0.15) is 5.10 Å². The third kappa shape index (κ3) is 4.57. The van der Waals surface area contributed by atoms with Gasteiger partial charge in [-0.05, 0) is 72.7 Å². The van der Waals surface area contributed by atoms with E-state index in [1.807, 2.05) is 30.1 Å². The number of hydrogen-bond donors (Lipinski definition) is 1. The Kier molecular flexibility index (Phi) is 6.23. The number of carboxylic acids is 1. The number of fused-ring (bicyclic) bond motifs is 1. The first-order valence-corrected chi connectivity index (χ1v) is 12.3. The summed E-state index contributed by atoms with van der Waals surface area (Å²) < 4.78 is 1.84. The molecule has 0 unspecified atom stereocenters. The van der Waals surface area contributed by atoms with Gasteiger partial charge in [-0.3, -0.25) is 4.68 Å². The summed E-state index contributed by atoms with van der Waals surface area (Å²) in [6, 6.07) is 22.0. The number of aromatic nitrogens is 2. The fourth-order valence-electron chi connectivity index (χ4n) is 5.39. The minimum atomic E-state index is -0.945. The maximum Gasteiger partial charge on any atom is 0.328 e. The van der Waals surface area contributed by atoms with Crippen LogP contribution in [-0.2, 0) is 18.3 Å². The minimum Gasteiger partial charge on any atom is -0.478 e. The monoisotopic (exact) mass is 477 g/mol. The molecule has 3 aromatic carbocycles. The van der Waals surface area contributed by atoms with Crippen molar-refractivity contribution in [1.29, 1.82) is 0 Å². The van der Waals surface area contributed by atoms with Gasteiger partial charge in [0.1, 0.15) is 0 Å². The van der Waals surface area contributed by atoms with E-state index in [-0.39, 0.29) is 6.04 Å². The van der Waals surface area contributed by atoms with E-state index in [0.29, 0.717) is 6.04 Å². The lowest BCUT2D eigenvalue weighted by Crippen LogP contribution is -2.43. The first-order valence-electron chi connectivity index (χ1n) is 12.3. The number of carbonyl (C=O) groups is 1. The lowest BCUT2D eigenvalue weighted by Gasteiger charge is -2.45. The molecule has 5 heteroatoms. The lowest BCUT2D eigenvalue weighted by molar-refractivity contribution is -0.131. The van der Waals surface area contributed by atoms with E-state index >= 15 is 0 Å². The molecule has 1 aliphatic rings. The fraction of sp³-hybridized carbons (Fsp3) is 0.226. The van der Waals surface area contributed by atoms with Crippen LogP contribution in [0.25, 0.3) is 17.2 Å². The number of aryl methyl sites for hydroxylation is 3. The summed E-state index contributed by atoms with van der Waals surface area (Å²) in [5, 5.41) is 13.3. The standard InChI is InChI=1S/C31H31N3O2/c1-20-5-13-29(21(2)15-20)34-22(3)16-26-17-25(27-18-32-33(4)19-27)11-12-28(26)31(34)24-9-6-23(7-10-24)8-14-30(35)36/h5-15,17-19,22,31H,16H2,1-4H3,(H,35,36)/b14-8+/t22-,31-/m0/s1. The Bertz CT molecular complexity index is 1450. The van der Waals surface area contributed by atoms with Crippen molar-refractivity contribution < 1.29 is 9.90 Å². The van der Waals surface area contributed by atoms with Crippen molar-refractivity contribution in [3.8, 4) is 11.1 Å². The van der Waals surface area contributed by atoms with Crippen LogP contribution in [0.3, 0.4) is 0 Å². The van der Waals surface area contributed by atoms with Gasteiger partial charge in [0.05, 0.1) is 12.2 Å². The lowest BCUT2D eigenvalue weighted by atomic mass is 9.83. The molecule has 0 saturated heterocycles. The largest absolute Gasteiger partial charge is 0.478 e. The number of hydrogen-bond acceptors (Lipinski definition) is 3. The van der Waals surface area contributed by atoms with E-state index in [4.69, 9.17) is 5.11 Å². The molecule has 0 fully saturated rings. The molecule has 1 aliphatic heterocycles. The zero-order valence-electron chi connectivity index (χ0n) is 21.1. The smallest absolute Gasteiger partial charge is 0.328 e. The second-order valence-corrected chi connectivity index (χ2v) is 9.81. The van der Waals surface area contributed by atoms with Crippen molar-refractivity contribution in [2.45, 2.75) is 39.3 Å². The van der Waals surface area contributed by atoms with E-state index in [1.54, 1.807) is 6.08 Å². The topological polar surface area (TPSA) is 58.4 Å². The molecule has 0 radical (unpaired) electrons. The zero-order chi connectivity index (χ0) is 25.4. The highest BCUT2D eigenvalue weighted by Gasteiger charge is 2.34. The van der Waals surface area contributed by atoms with Crippen molar-refractivity contribution in [1.82, 2.24) is 9.78 Å². The Morgan fingerprint density at radius 2 is 1.81 bits per heavy atom. The highest BCUT2D eigenvalue weighted by Crippen LogP contribution is 2.43. The molecule has 2 atom stereocenters. The molecule has 0 saturated carbocycles. The van der Waals surface area contributed by atoms with Crippen LogP contribution in [-0.4, -0.2) is 26.9 Å². The van der Waals surface area contributed by atoms with Gasteiger partial charge in [0, 0.05) is 36.6 Å². The highest BCUT2D eigenvalue weighted by atomic mass is 16.4. The fourth-order valence-corrected chi connectivity index (χ4v) is 5.39. The van der Waals surface area contributed by atoms with Gasteiger partial charge in [-0.1, -0.05) is 60.2 Å². The average Bonchev–Trinajstić information content (AvgIpc) is 3.29. The number of benzene rings is 3. The summed E-state index contributed by atoms with van der Waals surface area (Å²) in [5.74, 6) is -0.945. The summed E-state index contributed by atoms with van der Waals surface area (Å²) in [7, 11) is 1.94. The molecular formula is C31H31N3O2. The molecule has 0 spiro atoms. The second kappa shape index (κ2) is 9.50. The van der Waals surface area contributed by atoms with E-state index in [1.165, 1.54) is 45.1 Å². The van der Waals surface area contributed by atoms with Crippen molar-refractivity contribution in [3.63, 3.8) is 0 Å². The van der Waals surface area contributed by atoms with Gasteiger partial charge >= 0.3 is 5.97 Å². The van der Waals surface area contributed by atoms with Crippen LogP contribution in [0.5, 0.6) is 0 Å². The molecule has 5 nitrogen and oxygen atoms in total. The zero-order valence-corrected chi connectivity index (χ0v) is 21.1. The molecule has 0 amide bonds. The van der Waals surface area contributed by atoms with Crippen molar-refractivity contribution in [2.75, 3.05) is 4.90 Å². The molecule has 2 heterocycles. The Morgan fingerprint density at radius 3 is 2.47 bits per heavy atom. The first-order chi connectivity index (χ1) is 17.3. The summed E-state index contributed by atoms with van der Waals surface area (Å²) in [6.45, 7) is 6.62. The predicted octanol–water partition coefficient (Wildman–Crippen LogP) is 6.34. The Hall–Kier alpha value is -4.12. The van der Waals surface area contributed by atoms with Gasteiger partial charge in [-0.15, -0.1) is 0 Å². The van der Waals surface area contributed by atoms with E-state index < -0.39 is 5.97 Å². The third-order valence-electron chi connectivity index (χ3n) is 7.05. The summed E-state index contributed by atoms with van der Waals surface area (Å²) in [4.78, 5) is 13.5. The number of carboxylic acid groups (broad SMARTS) is 1. The number of nitrogens with zero attached hydrogens (tertiary/aromatic N) is 3. The summed E-state index contributed by atoms with van der Waals surface area (Å²) in [5.41, 5.74) is 10.8. The quantitative estimate of drug-likeness (QED) is 0.341. The molecule has 182 valence electrons. The minimum absolute atomic E-state index is 0.0469. The molecule has 36 heavy (non-hydrogen) atoms. The normalized spacial score (nSPS) is 17.4. The Labute approximate surface area is 212 Å². The Balaban J connectivity index is 1.63. The van der Waals surface area contributed by atoms with E-state index in [2.05, 4.69) is 85.5 Å². The summed E-state index contributed by atoms with van der Waals surface area (Å²) in [6.07, 6.45) is 7.72. The van der Waals surface area contributed by atoms with Gasteiger partial charge in [0.15, 0.2) is 0 Å². The third-order valence-corrected chi connectivity index (χ3v) is 7.05. The van der Waals surface area contributed by atoms with Gasteiger partial charge in [0.2, 0.25) is 0 Å². The molecule has 0 aliphatic carbocycles. The molecule has 5 rings (SSSR count). The van der Waals surface area contributed by atoms with Crippen LogP contribution in [0.1, 0.15) is 46.3 Å². The van der Waals surface area contributed by atoms with E-state index in [9.17, 15) is 4.79 Å². The van der Waals surface area contributed by atoms with Gasteiger partial charge in [-0.25, -0.2) is 4.79 Å². The van der Waals surface area contributed by atoms with Gasteiger partial charge in [0.25, 0.3) is 0 Å².